The van der Waals surface area contributed by atoms with Crippen LogP contribution in [0.5, 0.6) is 0 Å². The van der Waals surface area contributed by atoms with Crippen molar-refractivity contribution < 1.29 is 8.42 Å². The summed E-state index contributed by atoms with van der Waals surface area (Å²) in [6.07, 6.45) is 0.690. The smallest absolute Gasteiger partial charge is 0.216 e. The first kappa shape index (κ1) is 16.6. The zero-order valence-electron chi connectivity index (χ0n) is 11.8. The van der Waals surface area contributed by atoms with E-state index >= 15 is 0 Å². The maximum atomic E-state index is 12.1. The fourth-order valence-corrected chi connectivity index (χ4v) is 3.46. The molecule has 1 unspecified atom stereocenters. The van der Waals surface area contributed by atoms with E-state index < -0.39 is 10.0 Å². The predicted octanol–water partition coefficient (Wildman–Crippen LogP) is 1.35. The van der Waals surface area contributed by atoms with Crippen molar-refractivity contribution in [2.24, 2.45) is 11.7 Å². The summed E-state index contributed by atoms with van der Waals surface area (Å²) in [4.78, 5) is 0. The second kappa shape index (κ2) is 7.39. The molecule has 1 aromatic carbocycles. The average Bonchev–Trinajstić information content (AvgIpc) is 2.37. The zero-order chi connectivity index (χ0) is 15.2. The molecular weight excluding hydrogens is 274 g/mol. The molecule has 110 valence electrons. The minimum absolute atomic E-state index is 0.203. The lowest BCUT2D eigenvalue weighted by Crippen LogP contribution is -2.41. The Hall–Kier alpha value is -1.42. The summed E-state index contributed by atoms with van der Waals surface area (Å²) in [6, 6.07) is 8.43. The van der Waals surface area contributed by atoms with Crippen LogP contribution in [0.15, 0.2) is 24.3 Å². The Morgan fingerprint density at radius 2 is 2.00 bits per heavy atom. The molecule has 0 aromatic heterocycles. The minimum atomic E-state index is -3.51. The largest absolute Gasteiger partial charge is 0.329 e. The Kier molecular flexibility index (Phi) is 6.14. The Balaban J connectivity index is 2.82. The van der Waals surface area contributed by atoms with Gasteiger partial charge in [-0.05, 0) is 24.0 Å². The molecular formula is C14H21N3O2S. The van der Waals surface area contributed by atoms with Crippen LogP contribution in [0.1, 0.15) is 31.4 Å². The highest BCUT2D eigenvalue weighted by molar-refractivity contribution is 7.88. The van der Waals surface area contributed by atoms with E-state index in [1.54, 1.807) is 24.3 Å². The van der Waals surface area contributed by atoms with E-state index in [-0.39, 0.29) is 18.3 Å². The standard InChI is InChI=1S/C14H21N3O2S/c1-11(2)7-14(9-16)17-20(18,19)10-13-6-4-3-5-12(13)8-15/h3-6,11,14,17H,7,9-10,16H2,1-2H3. The van der Waals surface area contributed by atoms with Crippen LogP contribution in [0.4, 0.5) is 0 Å². The van der Waals surface area contributed by atoms with Crippen LogP contribution in [0.25, 0.3) is 0 Å². The lowest BCUT2D eigenvalue weighted by atomic mass is 10.1. The van der Waals surface area contributed by atoms with E-state index in [9.17, 15) is 8.42 Å². The molecule has 3 N–H and O–H groups in total. The molecule has 1 rings (SSSR count). The fraction of sp³-hybridized carbons (Fsp3) is 0.500. The van der Waals surface area contributed by atoms with Gasteiger partial charge in [-0.2, -0.15) is 5.26 Å². The first-order chi connectivity index (χ1) is 9.38. The van der Waals surface area contributed by atoms with Crippen LogP contribution in [0, 0.1) is 17.2 Å². The lowest BCUT2D eigenvalue weighted by molar-refractivity contribution is 0.465. The summed E-state index contributed by atoms with van der Waals surface area (Å²) < 4.78 is 26.9. The number of hydrogen-bond acceptors (Lipinski definition) is 4. The molecule has 0 saturated carbocycles. The fourth-order valence-electron chi connectivity index (χ4n) is 2.02. The van der Waals surface area contributed by atoms with Crippen molar-refractivity contribution in [1.82, 2.24) is 4.72 Å². The number of rotatable bonds is 7. The van der Waals surface area contributed by atoms with Crippen molar-refractivity contribution in [3.8, 4) is 6.07 Å². The molecule has 0 aliphatic rings. The quantitative estimate of drug-likeness (QED) is 0.793. The Morgan fingerprint density at radius 3 is 2.55 bits per heavy atom. The molecule has 0 aliphatic carbocycles. The van der Waals surface area contributed by atoms with Crippen LogP contribution in [0.3, 0.4) is 0 Å². The van der Waals surface area contributed by atoms with Gasteiger partial charge in [0.15, 0.2) is 0 Å². The molecule has 20 heavy (non-hydrogen) atoms. The highest BCUT2D eigenvalue weighted by atomic mass is 32.2. The molecule has 0 fully saturated rings. The van der Waals surface area contributed by atoms with Gasteiger partial charge in [0.2, 0.25) is 10.0 Å². The number of benzene rings is 1. The summed E-state index contributed by atoms with van der Waals surface area (Å²) in [5.41, 5.74) is 6.48. The normalized spacial score (nSPS) is 13.2. The molecule has 0 aliphatic heterocycles. The average molecular weight is 295 g/mol. The summed E-state index contributed by atoms with van der Waals surface area (Å²) in [6.45, 7) is 4.29. The number of nitriles is 1. The topological polar surface area (TPSA) is 96.0 Å². The third-order valence-electron chi connectivity index (χ3n) is 2.87. The first-order valence-electron chi connectivity index (χ1n) is 6.56. The first-order valence-corrected chi connectivity index (χ1v) is 8.21. The maximum Gasteiger partial charge on any atom is 0.216 e. The van der Waals surface area contributed by atoms with Crippen LogP contribution in [-0.4, -0.2) is 21.0 Å². The molecule has 1 aromatic rings. The van der Waals surface area contributed by atoms with E-state index in [1.165, 1.54) is 0 Å². The molecule has 0 saturated heterocycles. The highest BCUT2D eigenvalue weighted by Gasteiger charge is 2.19. The van der Waals surface area contributed by atoms with Crippen molar-refractivity contribution >= 4 is 10.0 Å². The summed E-state index contributed by atoms with van der Waals surface area (Å²) in [7, 11) is -3.51. The number of nitrogens with zero attached hydrogens (tertiary/aromatic N) is 1. The highest BCUT2D eigenvalue weighted by Crippen LogP contribution is 2.12. The summed E-state index contributed by atoms with van der Waals surface area (Å²) >= 11 is 0. The van der Waals surface area contributed by atoms with E-state index in [0.717, 1.165) is 0 Å². The predicted molar refractivity (Wildman–Crippen MR) is 79.2 cm³/mol. The lowest BCUT2D eigenvalue weighted by Gasteiger charge is -2.19. The third kappa shape index (κ3) is 5.29. The number of sulfonamides is 1. The van der Waals surface area contributed by atoms with Gasteiger partial charge < -0.3 is 5.73 Å². The SMILES string of the molecule is CC(C)CC(CN)NS(=O)(=O)Cc1ccccc1C#N. The molecule has 6 heteroatoms. The molecule has 0 amide bonds. The van der Waals surface area contributed by atoms with E-state index in [0.29, 0.717) is 23.5 Å². The van der Waals surface area contributed by atoms with Gasteiger partial charge in [0.05, 0.1) is 17.4 Å². The van der Waals surface area contributed by atoms with Crippen molar-refractivity contribution in [2.45, 2.75) is 32.1 Å². The van der Waals surface area contributed by atoms with Gasteiger partial charge in [0.1, 0.15) is 0 Å². The van der Waals surface area contributed by atoms with Crippen LogP contribution in [-0.2, 0) is 15.8 Å². The third-order valence-corrected chi connectivity index (χ3v) is 4.25. The van der Waals surface area contributed by atoms with E-state index in [1.807, 2.05) is 19.9 Å². The molecule has 1 atom stereocenters. The van der Waals surface area contributed by atoms with Crippen LogP contribution in [0.2, 0.25) is 0 Å². The maximum absolute atomic E-state index is 12.1. The monoisotopic (exact) mass is 295 g/mol. The van der Waals surface area contributed by atoms with Crippen molar-refractivity contribution in [2.75, 3.05) is 6.54 Å². The van der Waals surface area contributed by atoms with Crippen molar-refractivity contribution in [3.63, 3.8) is 0 Å². The zero-order valence-corrected chi connectivity index (χ0v) is 12.7. The molecule has 0 radical (unpaired) electrons. The second-order valence-electron chi connectivity index (χ2n) is 5.21. The van der Waals surface area contributed by atoms with Gasteiger partial charge in [-0.3, -0.25) is 0 Å². The van der Waals surface area contributed by atoms with E-state index in [4.69, 9.17) is 11.0 Å². The molecule has 0 heterocycles. The second-order valence-corrected chi connectivity index (χ2v) is 6.96. The van der Waals surface area contributed by atoms with Gasteiger partial charge in [-0.1, -0.05) is 32.0 Å². The van der Waals surface area contributed by atoms with Crippen molar-refractivity contribution in [3.05, 3.63) is 35.4 Å². The molecule has 0 spiro atoms. The molecule has 0 bridgehead atoms. The number of hydrogen-bond donors (Lipinski definition) is 2. The van der Waals surface area contributed by atoms with Gasteiger partial charge in [-0.25, -0.2) is 13.1 Å². The van der Waals surface area contributed by atoms with E-state index in [2.05, 4.69) is 4.72 Å². The summed E-state index contributed by atoms with van der Waals surface area (Å²) in [5.74, 6) is 0.156. The van der Waals surface area contributed by atoms with Gasteiger partial charge in [-0.15, -0.1) is 0 Å². The summed E-state index contributed by atoms with van der Waals surface area (Å²) in [5, 5.41) is 8.98. The minimum Gasteiger partial charge on any atom is -0.329 e. The number of nitrogens with two attached hydrogens (primary N) is 1. The Labute approximate surface area is 120 Å². The Morgan fingerprint density at radius 1 is 1.35 bits per heavy atom. The number of nitrogens with one attached hydrogen (secondary N) is 1. The van der Waals surface area contributed by atoms with Gasteiger partial charge in [0, 0.05) is 12.6 Å². The van der Waals surface area contributed by atoms with Gasteiger partial charge in [0.25, 0.3) is 0 Å². The van der Waals surface area contributed by atoms with Crippen molar-refractivity contribution in [1.29, 1.82) is 5.26 Å². The van der Waals surface area contributed by atoms with Crippen LogP contribution < -0.4 is 10.5 Å². The molecule has 5 nitrogen and oxygen atoms in total. The van der Waals surface area contributed by atoms with Gasteiger partial charge >= 0.3 is 0 Å². The van der Waals surface area contributed by atoms with Crippen LogP contribution >= 0.6 is 0 Å². The Bertz CT molecular complexity index is 576.